The van der Waals surface area contributed by atoms with E-state index in [-0.39, 0.29) is 0 Å². The first-order valence-corrected chi connectivity index (χ1v) is 14.3. The molecule has 0 aliphatic heterocycles. The molecule has 0 spiro atoms. The Balaban J connectivity index is 1.32. The van der Waals surface area contributed by atoms with Gasteiger partial charge in [-0.05, 0) is 77.0 Å². The van der Waals surface area contributed by atoms with Crippen molar-refractivity contribution in [3.05, 3.63) is 152 Å². The molecule has 6 aromatic carbocycles. The number of fused-ring (bicyclic) bond motifs is 7. The van der Waals surface area contributed by atoms with E-state index < -0.39 is 0 Å². The van der Waals surface area contributed by atoms with Gasteiger partial charge in [0.05, 0.1) is 22.1 Å². The van der Waals surface area contributed by atoms with Gasteiger partial charge in [0.1, 0.15) is 5.82 Å². The molecule has 9 aromatic rings. The third kappa shape index (κ3) is 3.37. The topological polar surface area (TPSA) is 22.8 Å². The fourth-order valence-electron chi connectivity index (χ4n) is 6.60. The second-order valence-corrected chi connectivity index (χ2v) is 10.9. The van der Waals surface area contributed by atoms with E-state index in [1.54, 1.807) is 0 Å². The van der Waals surface area contributed by atoms with Gasteiger partial charge in [0.2, 0.25) is 0 Å². The summed E-state index contributed by atoms with van der Waals surface area (Å²) in [7, 11) is 0. The molecule has 9 rings (SSSR count). The number of rotatable bonds is 3. The first-order chi connectivity index (χ1) is 20.8. The van der Waals surface area contributed by atoms with Crippen LogP contribution in [0.1, 0.15) is 0 Å². The lowest BCUT2D eigenvalue weighted by Gasteiger charge is -2.10. The number of pyridine rings is 1. The fourth-order valence-corrected chi connectivity index (χ4v) is 6.60. The fraction of sp³-hybridized carbons (Fsp3) is 0. The molecule has 0 radical (unpaired) electrons. The molecule has 0 atom stereocenters. The molecule has 3 heterocycles. The van der Waals surface area contributed by atoms with Crippen molar-refractivity contribution < 1.29 is 0 Å². The predicted molar refractivity (Wildman–Crippen MR) is 176 cm³/mol. The SMILES string of the molecule is c1ccc(-c2ccc(-n3c4ccccc4c4cc5cc6c(cc5cc43)c3ccccc3n6-c3ccccc3)nc2)cc1. The third-order valence-electron chi connectivity index (χ3n) is 8.52. The first-order valence-electron chi connectivity index (χ1n) is 14.3. The van der Waals surface area contributed by atoms with Crippen LogP contribution in [0.25, 0.3) is 77.0 Å². The minimum absolute atomic E-state index is 0.919. The van der Waals surface area contributed by atoms with Gasteiger partial charge in [0, 0.05) is 39.0 Å². The Morgan fingerprint density at radius 2 is 0.929 bits per heavy atom. The van der Waals surface area contributed by atoms with E-state index in [4.69, 9.17) is 4.98 Å². The van der Waals surface area contributed by atoms with E-state index in [1.807, 2.05) is 12.3 Å². The zero-order chi connectivity index (χ0) is 27.6. The summed E-state index contributed by atoms with van der Waals surface area (Å²) in [5.74, 6) is 0.919. The van der Waals surface area contributed by atoms with Crippen LogP contribution in [0.2, 0.25) is 0 Å². The van der Waals surface area contributed by atoms with Gasteiger partial charge in [-0.15, -0.1) is 0 Å². The molecule has 0 aliphatic carbocycles. The third-order valence-corrected chi connectivity index (χ3v) is 8.52. The largest absolute Gasteiger partial charge is 0.309 e. The molecule has 0 saturated heterocycles. The first kappa shape index (κ1) is 23.1. The Morgan fingerprint density at radius 1 is 0.381 bits per heavy atom. The highest BCUT2D eigenvalue weighted by Gasteiger charge is 2.17. The minimum Gasteiger partial charge on any atom is -0.309 e. The van der Waals surface area contributed by atoms with Crippen molar-refractivity contribution in [1.82, 2.24) is 14.1 Å². The summed E-state index contributed by atoms with van der Waals surface area (Å²) in [6.07, 6.45) is 1.98. The molecular formula is C39H25N3. The molecule has 42 heavy (non-hydrogen) atoms. The highest BCUT2D eigenvalue weighted by molar-refractivity contribution is 6.18. The van der Waals surface area contributed by atoms with Crippen molar-refractivity contribution in [2.75, 3.05) is 0 Å². The van der Waals surface area contributed by atoms with Gasteiger partial charge in [-0.25, -0.2) is 4.98 Å². The van der Waals surface area contributed by atoms with Crippen molar-refractivity contribution in [1.29, 1.82) is 0 Å². The number of hydrogen-bond acceptors (Lipinski definition) is 1. The van der Waals surface area contributed by atoms with Crippen LogP contribution >= 0.6 is 0 Å². The second kappa shape index (κ2) is 8.92. The lowest BCUT2D eigenvalue weighted by molar-refractivity contribution is 1.08. The molecule has 0 fully saturated rings. The number of benzene rings is 6. The van der Waals surface area contributed by atoms with Crippen LogP contribution in [-0.4, -0.2) is 14.1 Å². The molecule has 0 saturated carbocycles. The quantitative estimate of drug-likeness (QED) is 0.221. The van der Waals surface area contributed by atoms with Crippen molar-refractivity contribution in [3.63, 3.8) is 0 Å². The second-order valence-electron chi connectivity index (χ2n) is 10.9. The Labute approximate surface area is 242 Å². The smallest absolute Gasteiger partial charge is 0.137 e. The van der Waals surface area contributed by atoms with Crippen LogP contribution in [0.4, 0.5) is 0 Å². The van der Waals surface area contributed by atoms with Crippen molar-refractivity contribution in [3.8, 4) is 22.6 Å². The van der Waals surface area contributed by atoms with E-state index >= 15 is 0 Å². The van der Waals surface area contributed by atoms with Crippen LogP contribution in [0.3, 0.4) is 0 Å². The molecule has 0 aliphatic rings. The molecule has 0 N–H and O–H groups in total. The van der Waals surface area contributed by atoms with Crippen molar-refractivity contribution >= 4 is 54.4 Å². The average Bonchev–Trinajstić information content (AvgIpc) is 3.55. The van der Waals surface area contributed by atoms with Crippen LogP contribution in [0, 0.1) is 0 Å². The lowest BCUT2D eigenvalue weighted by atomic mass is 10.0. The maximum Gasteiger partial charge on any atom is 0.137 e. The van der Waals surface area contributed by atoms with Crippen LogP contribution < -0.4 is 0 Å². The van der Waals surface area contributed by atoms with E-state index in [2.05, 4.69) is 149 Å². The zero-order valence-corrected chi connectivity index (χ0v) is 22.8. The molecule has 0 unspecified atom stereocenters. The monoisotopic (exact) mass is 535 g/mol. The van der Waals surface area contributed by atoms with Crippen LogP contribution in [-0.2, 0) is 0 Å². The number of hydrogen-bond donors (Lipinski definition) is 0. The molecule has 3 heteroatoms. The summed E-state index contributed by atoms with van der Waals surface area (Å²) in [6, 6.07) is 52.1. The molecule has 3 nitrogen and oxygen atoms in total. The Hall–Kier alpha value is -5.67. The van der Waals surface area contributed by atoms with Crippen LogP contribution in [0.5, 0.6) is 0 Å². The van der Waals surface area contributed by atoms with Gasteiger partial charge < -0.3 is 4.57 Å². The van der Waals surface area contributed by atoms with Gasteiger partial charge in [-0.2, -0.15) is 0 Å². The maximum atomic E-state index is 4.97. The highest BCUT2D eigenvalue weighted by atomic mass is 15.1. The minimum atomic E-state index is 0.919. The molecule has 196 valence electrons. The van der Waals surface area contributed by atoms with Crippen molar-refractivity contribution in [2.24, 2.45) is 0 Å². The zero-order valence-electron chi connectivity index (χ0n) is 22.8. The summed E-state index contributed by atoms with van der Waals surface area (Å²) < 4.78 is 4.69. The van der Waals surface area contributed by atoms with Gasteiger partial charge in [-0.3, -0.25) is 4.57 Å². The predicted octanol–water partition coefficient (Wildman–Crippen LogP) is 10.1. The number of para-hydroxylation sites is 3. The molecular weight excluding hydrogens is 510 g/mol. The Morgan fingerprint density at radius 3 is 1.55 bits per heavy atom. The van der Waals surface area contributed by atoms with Gasteiger partial charge >= 0.3 is 0 Å². The summed E-state index contributed by atoms with van der Waals surface area (Å²) in [5.41, 5.74) is 8.21. The van der Waals surface area contributed by atoms with Gasteiger partial charge in [0.25, 0.3) is 0 Å². The summed E-state index contributed by atoms with van der Waals surface area (Å²) in [5, 5.41) is 7.42. The van der Waals surface area contributed by atoms with Gasteiger partial charge in [-0.1, -0.05) is 84.9 Å². The van der Waals surface area contributed by atoms with E-state index in [1.165, 1.54) is 54.6 Å². The molecule has 0 amide bonds. The Kier molecular flexibility index (Phi) is 4.90. The van der Waals surface area contributed by atoms with E-state index in [0.717, 1.165) is 22.4 Å². The summed E-state index contributed by atoms with van der Waals surface area (Å²) >= 11 is 0. The summed E-state index contributed by atoms with van der Waals surface area (Å²) in [6.45, 7) is 0. The normalized spacial score (nSPS) is 11.8. The number of aromatic nitrogens is 3. The number of nitrogens with zero attached hydrogens (tertiary/aromatic N) is 3. The average molecular weight is 536 g/mol. The maximum absolute atomic E-state index is 4.97. The Bertz CT molecular complexity index is 2430. The van der Waals surface area contributed by atoms with E-state index in [9.17, 15) is 0 Å². The molecule has 3 aromatic heterocycles. The lowest BCUT2D eigenvalue weighted by Crippen LogP contribution is -1.97. The standard InChI is InChI=1S/C39H25N3/c1-3-11-26(12-4-1)27-19-20-39(40-25-27)42-36-18-10-8-16-32(36)34-22-28-23-37-33(21-29(28)24-38(34)42)31-15-7-9-17-35(31)41(37)30-13-5-2-6-14-30/h1-25H. The highest BCUT2D eigenvalue weighted by Crippen LogP contribution is 2.39. The molecule has 0 bridgehead atoms. The van der Waals surface area contributed by atoms with Gasteiger partial charge in [0.15, 0.2) is 0 Å². The summed E-state index contributed by atoms with van der Waals surface area (Å²) in [4.78, 5) is 4.97. The van der Waals surface area contributed by atoms with Crippen molar-refractivity contribution in [2.45, 2.75) is 0 Å². The van der Waals surface area contributed by atoms with Crippen LogP contribution in [0.15, 0.2) is 152 Å². The van der Waals surface area contributed by atoms with E-state index in [0.29, 0.717) is 0 Å².